The van der Waals surface area contributed by atoms with E-state index in [0.29, 0.717) is 29.0 Å². The van der Waals surface area contributed by atoms with Gasteiger partial charge in [-0.25, -0.2) is 0 Å². The predicted octanol–water partition coefficient (Wildman–Crippen LogP) is 2.99. The maximum absolute atomic E-state index is 9.32. The van der Waals surface area contributed by atoms with Crippen LogP contribution in [0.5, 0.6) is 5.75 Å². The molecule has 6 heteroatoms. The lowest BCUT2D eigenvalue weighted by Crippen LogP contribution is -2.00. The van der Waals surface area contributed by atoms with Crippen LogP contribution in [-0.4, -0.2) is 16.4 Å². The number of ether oxygens (including phenoxy) is 1. The van der Waals surface area contributed by atoms with E-state index in [2.05, 4.69) is 33.2 Å². The third-order valence-corrected chi connectivity index (χ3v) is 3.39. The Kier molecular flexibility index (Phi) is 4.07. The van der Waals surface area contributed by atoms with Gasteiger partial charge in [-0.15, -0.1) is 0 Å². The van der Waals surface area contributed by atoms with E-state index in [1.165, 1.54) is 0 Å². The topological polar surface area (TPSA) is 74.6 Å². The van der Waals surface area contributed by atoms with E-state index in [9.17, 15) is 10.5 Å². The highest BCUT2D eigenvalue weighted by molar-refractivity contribution is 9.10. The van der Waals surface area contributed by atoms with Crippen molar-refractivity contribution in [1.29, 1.82) is 10.5 Å². The van der Waals surface area contributed by atoms with Gasteiger partial charge in [0.05, 0.1) is 40.2 Å². The summed E-state index contributed by atoms with van der Waals surface area (Å²) in [7, 11) is 1.78. The number of aryl methyl sites for hydroxylation is 1. The maximum atomic E-state index is 9.32. The van der Waals surface area contributed by atoms with Crippen molar-refractivity contribution >= 4 is 15.9 Å². The van der Waals surface area contributed by atoms with Crippen LogP contribution in [0.15, 0.2) is 22.8 Å². The van der Waals surface area contributed by atoms with E-state index in [4.69, 9.17) is 4.74 Å². The highest BCUT2D eigenvalue weighted by atomic mass is 79.9. The van der Waals surface area contributed by atoms with Crippen molar-refractivity contribution in [3.05, 3.63) is 33.9 Å². The molecule has 0 spiro atoms. The summed E-state index contributed by atoms with van der Waals surface area (Å²) >= 11 is 3.41. The molecule has 0 bridgehead atoms. The number of benzene rings is 1. The van der Waals surface area contributed by atoms with Crippen LogP contribution in [0.4, 0.5) is 0 Å². The first kappa shape index (κ1) is 14.1. The second-order valence-corrected chi connectivity index (χ2v) is 4.87. The Morgan fingerprint density at radius 1 is 1.30 bits per heavy atom. The molecule has 0 radical (unpaired) electrons. The van der Waals surface area contributed by atoms with Crippen molar-refractivity contribution < 1.29 is 4.74 Å². The van der Waals surface area contributed by atoms with Crippen molar-refractivity contribution in [2.24, 2.45) is 7.05 Å². The minimum Gasteiger partial charge on any atom is -0.492 e. The number of nitriles is 2. The fourth-order valence-corrected chi connectivity index (χ4v) is 2.51. The van der Waals surface area contributed by atoms with Crippen LogP contribution in [0.1, 0.15) is 18.1 Å². The molecule has 1 aromatic carbocycles. The van der Waals surface area contributed by atoms with Crippen LogP contribution < -0.4 is 4.74 Å². The van der Waals surface area contributed by atoms with Gasteiger partial charge in [-0.2, -0.15) is 15.6 Å². The molecule has 0 aliphatic rings. The molecule has 20 heavy (non-hydrogen) atoms. The Bertz CT molecular complexity index is 717. The number of rotatable bonds is 3. The Labute approximate surface area is 125 Å². The van der Waals surface area contributed by atoms with Crippen molar-refractivity contribution in [3.63, 3.8) is 0 Å². The van der Waals surface area contributed by atoms with Gasteiger partial charge in [-0.05, 0) is 35.0 Å². The van der Waals surface area contributed by atoms with Gasteiger partial charge >= 0.3 is 0 Å². The first-order valence-electron chi connectivity index (χ1n) is 5.91. The fourth-order valence-electron chi connectivity index (χ4n) is 1.94. The number of nitrogens with zero attached hydrogens (tertiary/aromatic N) is 4. The van der Waals surface area contributed by atoms with E-state index < -0.39 is 0 Å². The quantitative estimate of drug-likeness (QED) is 0.866. The number of hydrogen-bond donors (Lipinski definition) is 0. The number of aromatic nitrogens is 2. The first-order chi connectivity index (χ1) is 9.62. The summed E-state index contributed by atoms with van der Waals surface area (Å²) in [5, 5.41) is 22.7. The number of halogens is 1. The normalized spacial score (nSPS) is 9.85. The van der Waals surface area contributed by atoms with Gasteiger partial charge in [-0.1, -0.05) is 0 Å². The van der Waals surface area contributed by atoms with Crippen LogP contribution in [0.3, 0.4) is 0 Å². The van der Waals surface area contributed by atoms with Crippen molar-refractivity contribution in [1.82, 2.24) is 9.78 Å². The molecule has 2 rings (SSSR count). The van der Waals surface area contributed by atoms with Gasteiger partial charge in [0.2, 0.25) is 0 Å². The van der Waals surface area contributed by atoms with Crippen LogP contribution in [0, 0.1) is 22.7 Å². The average Bonchev–Trinajstić information content (AvgIpc) is 2.78. The van der Waals surface area contributed by atoms with Crippen molar-refractivity contribution in [2.75, 3.05) is 6.61 Å². The predicted molar refractivity (Wildman–Crippen MR) is 76.9 cm³/mol. The molecular weight excluding hydrogens is 320 g/mol. The van der Waals surface area contributed by atoms with Gasteiger partial charge in [0.1, 0.15) is 11.8 Å². The average molecular weight is 331 g/mol. The first-order valence-corrected chi connectivity index (χ1v) is 6.70. The Balaban J connectivity index is 2.72. The summed E-state index contributed by atoms with van der Waals surface area (Å²) in [6.07, 6.45) is 1.65. The van der Waals surface area contributed by atoms with Crippen LogP contribution in [0.2, 0.25) is 0 Å². The van der Waals surface area contributed by atoms with Crippen LogP contribution in [0.25, 0.3) is 11.3 Å². The summed E-state index contributed by atoms with van der Waals surface area (Å²) < 4.78 is 7.82. The molecule has 0 unspecified atom stereocenters. The van der Waals surface area contributed by atoms with Crippen molar-refractivity contribution in [3.8, 4) is 29.1 Å². The summed E-state index contributed by atoms with van der Waals surface area (Å²) in [6, 6.07) is 7.48. The van der Waals surface area contributed by atoms with Crippen LogP contribution in [-0.2, 0) is 7.05 Å². The van der Waals surface area contributed by atoms with E-state index in [-0.39, 0.29) is 0 Å². The molecule has 0 saturated heterocycles. The Morgan fingerprint density at radius 3 is 2.50 bits per heavy atom. The molecule has 0 saturated carbocycles. The minimum absolute atomic E-state index is 0.397. The zero-order valence-corrected chi connectivity index (χ0v) is 12.6. The molecule has 0 amide bonds. The van der Waals surface area contributed by atoms with Gasteiger partial charge in [0, 0.05) is 12.6 Å². The maximum Gasteiger partial charge on any atom is 0.138 e. The molecule has 2 aromatic rings. The Morgan fingerprint density at radius 2 is 2.00 bits per heavy atom. The lowest BCUT2D eigenvalue weighted by Gasteiger charge is -2.10. The van der Waals surface area contributed by atoms with Crippen molar-refractivity contribution in [2.45, 2.75) is 6.92 Å². The second-order valence-electron chi connectivity index (χ2n) is 4.02. The largest absolute Gasteiger partial charge is 0.492 e. The van der Waals surface area contributed by atoms with Gasteiger partial charge in [0.15, 0.2) is 0 Å². The molecule has 100 valence electrons. The number of hydrogen-bond acceptors (Lipinski definition) is 4. The van der Waals surface area contributed by atoms with E-state index in [1.807, 2.05) is 6.92 Å². The zero-order chi connectivity index (χ0) is 14.7. The smallest absolute Gasteiger partial charge is 0.138 e. The molecule has 0 atom stereocenters. The summed E-state index contributed by atoms with van der Waals surface area (Å²) in [6.45, 7) is 2.27. The lowest BCUT2D eigenvalue weighted by molar-refractivity contribution is 0.339. The van der Waals surface area contributed by atoms with Gasteiger partial charge in [0.25, 0.3) is 0 Å². The highest BCUT2D eigenvalue weighted by Crippen LogP contribution is 2.34. The molecular formula is C14H11BrN4O. The zero-order valence-electron chi connectivity index (χ0n) is 11.0. The summed E-state index contributed by atoms with van der Waals surface area (Å²) in [4.78, 5) is 0. The molecule has 1 heterocycles. The molecule has 0 fully saturated rings. The van der Waals surface area contributed by atoms with E-state index in [0.717, 1.165) is 10.2 Å². The third-order valence-electron chi connectivity index (χ3n) is 2.81. The Hall–Kier alpha value is -2.31. The van der Waals surface area contributed by atoms with Gasteiger partial charge < -0.3 is 4.74 Å². The monoisotopic (exact) mass is 330 g/mol. The van der Waals surface area contributed by atoms with Gasteiger partial charge in [-0.3, -0.25) is 4.68 Å². The summed E-state index contributed by atoms with van der Waals surface area (Å²) in [5.74, 6) is 0.425. The van der Waals surface area contributed by atoms with E-state index in [1.54, 1.807) is 30.1 Å². The molecule has 0 aliphatic carbocycles. The van der Waals surface area contributed by atoms with Crippen LogP contribution >= 0.6 is 15.9 Å². The SMILES string of the molecule is CCOc1cc(C#N)c(-c2c(Br)cnn2C)cc1C#N. The molecule has 1 aromatic heterocycles. The third kappa shape index (κ3) is 2.38. The molecule has 0 N–H and O–H groups in total. The lowest BCUT2D eigenvalue weighted by atomic mass is 10.0. The molecule has 5 nitrogen and oxygen atoms in total. The minimum atomic E-state index is 0.397. The van der Waals surface area contributed by atoms with E-state index >= 15 is 0 Å². The highest BCUT2D eigenvalue weighted by Gasteiger charge is 2.17. The molecule has 0 aliphatic heterocycles. The standard InChI is InChI=1S/C14H11BrN4O/c1-3-20-13-5-9(6-16)11(4-10(13)7-17)14-12(15)8-18-19(14)2/h4-5,8H,3H2,1-2H3. The summed E-state index contributed by atoms with van der Waals surface area (Å²) in [5.41, 5.74) is 2.24. The fraction of sp³-hybridized carbons (Fsp3) is 0.214. The second kappa shape index (κ2) is 5.77.